The van der Waals surface area contributed by atoms with Crippen molar-refractivity contribution in [1.29, 1.82) is 5.41 Å². The Balaban J connectivity index is 1.33. The molecule has 0 atom stereocenters. The number of pyridine rings is 1. The predicted molar refractivity (Wildman–Crippen MR) is 186 cm³/mol. The molecular weight excluding hydrogens is 536 g/mol. The molecule has 4 nitrogen and oxygen atoms in total. The molecule has 0 unspecified atom stereocenters. The number of amidine groups is 1. The topological polar surface area (TPSA) is 45.5 Å². The molecule has 0 fully saturated rings. The smallest absolute Gasteiger partial charge is 0.151 e. The van der Waals surface area contributed by atoms with E-state index >= 15 is 0 Å². The molecule has 0 aliphatic carbocycles. The number of nitrogens with zero attached hydrogens (tertiary/aromatic N) is 3. The molecule has 9 aromatic rings. The number of rotatable bonds is 3. The monoisotopic (exact) mass is 562 g/mol. The van der Waals surface area contributed by atoms with Crippen LogP contribution >= 0.6 is 0 Å². The molecule has 44 heavy (non-hydrogen) atoms. The summed E-state index contributed by atoms with van der Waals surface area (Å²) in [5.41, 5.74) is 10.1. The quantitative estimate of drug-likeness (QED) is 0.127. The van der Waals surface area contributed by atoms with Crippen molar-refractivity contribution in [2.75, 3.05) is 0 Å². The van der Waals surface area contributed by atoms with E-state index in [0.717, 1.165) is 22.4 Å². The average molecular weight is 563 g/mol. The first-order valence-electron chi connectivity index (χ1n) is 14.7. The van der Waals surface area contributed by atoms with Gasteiger partial charge >= 0.3 is 0 Å². The summed E-state index contributed by atoms with van der Waals surface area (Å²) in [7, 11) is 0. The first-order valence-corrected chi connectivity index (χ1v) is 14.7. The van der Waals surface area contributed by atoms with E-state index in [9.17, 15) is 0 Å². The molecule has 206 valence electrons. The van der Waals surface area contributed by atoms with Crippen LogP contribution in [0.2, 0.25) is 0 Å². The number of hydrogen-bond donors (Lipinski definition) is 1. The van der Waals surface area contributed by atoms with Crippen molar-refractivity contribution in [1.82, 2.24) is 8.97 Å². The average Bonchev–Trinajstić information content (AvgIpc) is 3.65. The first-order chi connectivity index (χ1) is 21.7. The summed E-state index contributed by atoms with van der Waals surface area (Å²) >= 11 is 0. The maximum Gasteiger partial charge on any atom is 0.151 e. The molecule has 0 amide bonds. The lowest BCUT2D eigenvalue weighted by Gasteiger charge is -2.11. The second-order valence-corrected chi connectivity index (χ2v) is 11.3. The lowest BCUT2D eigenvalue weighted by molar-refractivity contribution is 1.19. The van der Waals surface area contributed by atoms with Gasteiger partial charge in [-0.1, -0.05) is 103 Å². The largest absolute Gasteiger partial charge is 0.309 e. The predicted octanol–water partition coefficient (Wildman–Crippen LogP) is 10.2. The molecule has 0 radical (unpaired) electrons. The second kappa shape index (κ2) is 9.25. The number of benzene rings is 6. The molecule has 4 heteroatoms. The number of aromatic nitrogens is 2. The molecular formula is C40H26N4. The number of nitrogens with one attached hydrogen (secondary N) is 1. The molecule has 3 heterocycles. The minimum Gasteiger partial charge on any atom is -0.309 e. The van der Waals surface area contributed by atoms with Crippen LogP contribution in [0.4, 0.5) is 0 Å². The summed E-state index contributed by atoms with van der Waals surface area (Å²) in [4.78, 5) is 3.75. The van der Waals surface area contributed by atoms with Crippen LogP contribution in [-0.4, -0.2) is 21.5 Å². The standard InChI is InChI=1S/C40H26N4/c1-42-40(41)27-16-14-25(15-17-27)26-18-20-28(21-19-26)43-35-12-6-5-11-32(35)33-22-23-37-34(39(33)43)24-38-31-10-3-2-8-29(31)30-9-4-7-13-36(30)44(37)38/h2-24,41H,1H2. The van der Waals surface area contributed by atoms with E-state index in [4.69, 9.17) is 5.41 Å². The van der Waals surface area contributed by atoms with E-state index in [2.05, 4.69) is 136 Å². The van der Waals surface area contributed by atoms with Gasteiger partial charge in [0.15, 0.2) is 5.84 Å². The van der Waals surface area contributed by atoms with E-state index in [1.54, 1.807) is 0 Å². The zero-order chi connectivity index (χ0) is 29.4. The van der Waals surface area contributed by atoms with Gasteiger partial charge in [-0.3, -0.25) is 5.41 Å². The summed E-state index contributed by atoms with van der Waals surface area (Å²) in [6.45, 7) is 3.47. The van der Waals surface area contributed by atoms with Crippen LogP contribution in [-0.2, 0) is 0 Å². The second-order valence-electron chi connectivity index (χ2n) is 11.3. The molecule has 3 aromatic heterocycles. The fourth-order valence-corrected chi connectivity index (χ4v) is 7.02. The fourth-order valence-electron chi connectivity index (χ4n) is 7.02. The van der Waals surface area contributed by atoms with Gasteiger partial charge in [0.05, 0.1) is 27.6 Å². The third kappa shape index (κ3) is 3.39. The Morgan fingerprint density at radius 1 is 0.500 bits per heavy atom. The van der Waals surface area contributed by atoms with Crippen LogP contribution < -0.4 is 0 Å². The molecule has 0 saturated heterocycles. The van der Waals surface area contributed by atoms with Gasteiger partial charge in [-0.05, 0) is 59.6 Å². The highest BCUT2D eigenvalue weighted by molar-refractivity contribution is 6.22. The first kappa shape index (κ1) is 24.6. The summed E-state index contributed by atoms with van der Waals surface area (Å²) in [6, 6.07) is 49.8. The summed E-state index contributed by atoms with van der Waals surface area (Å²) in [5, 5.41) is 15.4. The SMILES string of the molecule is C=NC(=N)c1ccc(-c2ccc(-n3c4ccccc4c4ccc5c(cc6c7ccccc7c7ccccc7n65)c43)cc2)cc1. The summed E-state index contributed by atoms with van der Waals surface area (Å²) in [6.07, 6.45) is 0. The van der Waals surface area contributed by atoms with Crippen LogP contribution in [0.1, 0.15) is 5.56 Å². The number of fused-ring (bicyclic) bond motifs is 12. The Morgan fingerprint density at radius 3 is 1.73 bits per heavy atom. The number of aliphatic imine (C=N–C) groups is 1. The Bertz CT molecular complexity index is 2620. The zero-order valence-electron chi connectivity index (χ0n) is 23.8. The Labute approximate surface area is 253 Å². The third-order valence-corrected chi connectivity index (χ3v) is 9.03. The van der Waals surface area contributed by atoms with Gasteiger partial charge in [0, 0.05) is 38.2 Å². The zero-order valence-corrected chi connectivity index (χ0v) is 23.8. The van der Waals surface area contributed by atoms with Gasteiger partial charge in [0.1, 0.15) is 0 Å². The lowest BCUT2D eigenvalue weighted by atomic mass is 10.0. The third-order valence-electron chi connectivity index (χ3n) is 9.03. The Kier molecular flexibility index (Phi) is 5.17. The lowest BCUT2D eigenvalue weighted by Crippen LogP contribution is -1.95. The van der Waals surface area contributed by atoms with Crippen LogP contribution in [0.3, 0.4) is 0 Å². The van der Waals surface area contributed by atoms with Crippen molar-refractivity contribution < 1.29 is 0 Å². The number of hydrogen-bond acceptors (Lipinski definition) is 1. The van der Waals surface area contributed by atoms with Gasteiger partial charge < -0.3 is 8.97 Å². The fraction of sp³-hybridized carbons (Fsp3) is 0. The molecule has 9 rings (SSSR count). The van der Waals surface area contributed by atoms with Gasteiger partial charge in [-0.2, -0.15) is 0 Å². The van der Waals surface area contributed by atoms with Crippen LogP contribution in [0.15, 0.2) is 145 Å². The normalized spacial score (nSPS) is 11.8. The van der Waals surface area contributed by atoms with E-state index < -0.39 is 0 Å². The highest BCUT2D eigenvalue weighted by atomic mass is 15.0. The molecule has 0 spiro atoms. The summed E-state index contributed by atoms with van der Waals surface area (Å²) < 4.78 is 4.85. The van der Waals surface area contributed by atoms with Crippen LogP contribution in [0.5, 0.6) is 0 Å². The van der Waals surface area contributed by atoms with Gasteiger partial charge in [-0.25, -0.2) is 4.99 Å². The Hall–Kier alpha value is -6.00. The number of para-hydroxylation sites is 2. The van der Waals surface area contributed by atoms with Crippen molar-refractivity contribution >= 4 is 72.5 Å². The molecule has 0 bridgehead atoms. The van der Waals surface area contributed by atoms with E-state index in [0.29, 0.717) is 0 Å². The maximum atomic E-state index is 7.93. The minimum absolute atomic E-state index is 0.184. The van der Waals surface area contributed by atoms with E-state index in [1.807, 2.05) is 24.3 Å². The molecule has 1 N–H and O–H groups in total. The van der Waals surface area contributed by atoms with Gasteiger partial charge in [0.25, 0.3) is 0 Å². The van der Waals surface area contributed by atoms with Crippen molar-refractivity contribution in [3.63, 3.8) is 0 Å². The van der Waals surface area contributed by atoms with Crippen LogP contribution in [0, 0.1) is 5.41 Å². The molecule has 6 aromatic carbocycles. The van der Waals surface area contributed by atoms with E-state index in [1.165, 1.54) is 59.9 Å². The Morgan fingerprint density at radius 2 is 1.05 bits per heavy atom. The summed E-state index contributed by atoms with van der Waals surface area (Å²) in [5.74, 6) is 0.184. The van der Waals surface area contributed by atoms with Crippen molar-refractivity contribution in [3.8, 4) is 16.8 Å². The van der Waals surface area contributed by atoms with Gasteiger partial charge in [0.2, 0.25) is 0 Å². The van der Waals surface area contributed by atoms with Crippen molar-refractivity contribution in [3.05, 3.63) is 145 Å². The minimum atomic E-state index is 0.184. The molecule has 0 aliphatic rings. The molecule has 0 aliphatic heterocycles. The van der Waals surface area contributed by atoms with E-state index in [-0.39, 0.29) is 5.84 Å². The van der Waals surface area contributed by atoms with Gasteiger partial charge in [-0.15, -0.1) is 0 Å². The highest BCUT2D eigenvalue weighted by Crippen LogP contribution is 2.41. The highest BCUT2D eigenvalue weighted by Gasteiger charge is 2.19. The molecule has 0 saturated carbocycles. The van der Waals surface area contributed by atoms with Crippen LogP contribution in [0.25, 0.3) is 76.7 Å². The maximum absolute atomic E-state index is 7.93. The van der Waals surface area contributed by atoms with Crippen molar-refractivity contribution in [2.45, 2.75) is 0 Å². The van der Waals surface area contributed by atoms with Crippen molar-refractivity contribution in [2.24, 2.45) is 4.99 Å².